The molecule has 2 aromatic carbocycles. The van der Waals surface area contributed by atoms with Gasteiger partial charge in [0.05, 0.1) is 5.69 Å². The molecule has 1 aromatic heterocycles. The largest absolute Gasteiger partial charge is 0.344 e. The van der Waals surface area contributed by atoms with Gasteiger partial charge in [0.25, 0.3) is 0 Å². The van der Waals surface area contributed by atoms with E-state index in [-0.39, 0.29) is 10.7 Å². The summed E-state index contributed by atoms with van der Waals surface area (Å²) in [5.41, 5.74) is -1.21. The van der Waals surface area contributed by atoms with Gasteiger partial charge < -0.3 is 4.89 Å². The van der Waals surface area contributed by atoms with Crippen molar-refractivity contribution in [2.45, 2.75) is 5.66 Å². The predicted octanol–water partition coefficient (Wildman–Crippen LogP) is 6.47. The van der Waals surface area contributed by atoms with Crippen molar-refractivity contribution in [3.8, 4) is 0 Å². The highest BCUT2D eigenvalue weighted by molar-refractivity contribution is 7.58. The lowest BCUT2D eigenvalue weighted by atomic mass is 10.1. The van der Waals surface area contributed by atoms with Gasteiger partial charge in [-0.15, -0.1) is 11.3 Å². The molecule has 0 saturated heterocycles. The van der Waals surface area contributed by atoms with Crippen LogP contribution in [0.15, 0.2) is 54.6 Å². The first kappa shape index (κ1) is 21.0. The molecule has 0 aliphatic rings. The highest BCUT2D eigenvalue weighted by Crippen LogP contribution is 2.56. The standard InChI is InChI=1S/C19H15Cl2FNO3PS/c1-3-23(16-9-12(21)4-6-15(16)22)19(24)18(27(2,25)26)14-10-28-17-7-5-11(20)8-13(14)17/h3-10,18H,1H2,2H3,(H,25,26). The second kappa shape index (κ2) is 7.97. The number of hydrogen-bond donors (Lipinski definition) is 1. The lowest BCUT2D eigenvalue weighted by Crippen LogP contribution is -2.31. The zero-order valence-electron chi connectivity index (χ0n) is 14.6. The Morgan fingerprint density at radius 1 is 1.29 bits per heavy atom. The fraction of sp³-hybridized carbons (Fsp3) is 0.105. The maximum atomic E-state index is 14.3. The quantitative estimate of drug-likeness (QED) is 0.446. The first-order valence-corrected chi connectivity index (χ1v) is 11.8. The minimum atomic E-state index is -3.99. The Balaban J connectivity index is 2.17. The molecule has 0 radical (unpaired) electrons. The van der Waals surface area contributed by atoms with E-state index < -0.39 is 24.8 Å². The van der Waals surface area contributed by atoms with Gasteiger partial charge in [-0.25, -0.2) is 4.39 Å². The van der Waals surface area contributed by atoms with Crippen LogP contribution >= 0.6 is 41.9 Å². The highest BCUT2D eigenvalue weighted by Gasteiger charge is 2.39. The predicted molar refractivity (Wildman–Crippen MR) is 114 cm³/mol. The summed E-state index contributed by atoms with van der Waals surface area (Å²) in [4.78, 5) is 24.6. The summed E-state index contributed by atoms with van der Waals surface area (Å²) >= 11 is 13.3. The van der Waals surface area contributed by atoms with Crippen molar-refractivity contribution >= 4 is 63.6 Å². The van der Waals surface area contributed by atoms with Gasteiger partial charge in [0.15, 0.2) is 0 Å². The van der Waals surface area contributed by atoms with E-state index in [4.69, 9.17) is 23.2 Å². The Morgan fingerprint density at radius 3 is 2.57 bits per heavy atom. The lowest BCUT2D eigenvalue weighted by molar-refractivity contribution is -0.117. The molecule has 2 atom stereocenters. The van der Waals surface area contributed by atoms with Gasteiger partial charge in [-0.2, -0.15) is 0 Å². The van der Waals surface area contributed by atoms with Gasteiger partial charge in [0, 0.05) is 27.6 Å². The number of thiophene rings is 1. The second-order valence-electron chi connectivity index (χ2n) is 6.16. The Labute approximate surface area is 175 Å². The average molecular weight is 458 g/mol. The van der Waals surface area contributed by atoms with Gasteiger partial charge in [0.1, 0.15) is 11.5 Å². The van der Waals surface area contributed by atoms with Crippen molar-refractivity contribution < 1.29 is 18.6 Å². The molecule has 2 unspecified atom stereocenters. The van der Waals surface area contributed by atoms with Crippen LogP contribution in [0.3, 0.4) is 0 Å². The summed E-state index contributed by atoms with van der Waals surface area (Å²) in [7, 11) is -3.99. The van der Waals surface area contributed by atoms with E-state index in [9.17, 15) is 18.6 Å². The lowest BCUT2D eigenvalue weighted by Gasteiger charge is -2.26. The average Bonchev–Trinajstić information content (AvgIpc) is 3.00. The normalized spacial score (nSPS) is 14.5. The molecule has 0 spiro atoms. The SMILES string of the molecule is C=CN(C(=O)C(c1csc2ccc(Cl)cc12)P(C)(=O)O)c1cc(Cl)ccc1F. The van der Waals surface area contributed by atoms with Crippen LogP contribution in [0.1, 0.15) is 11.2 Å². The smallest absolute Gasteiger partial charge is 0.248 e. The fourth-order valence-corrected chi connectivity index (χ4v) is 5.61. The molecule has 0 fully saturated rings. The van der Waals surface area contributed by atoms with Crippen LogP contribution in [0, 0.1) is 5.82 Å². The van der Waals surface area contributed by atoms with Gasteiger partial charge in [0.2, 0.25) is 13.3 Å². The van der Waals surface area contributed by atoms with Crippen LogP contribution in [-0.2, 0) is 9.36 Å². The van der Waals surface area contributed by atoms with E-state index in [2.05, 4.69) is 6.58 Å². The zero-order valence-corrected chi connectivity index (χ0v) is 17.8. The molecular weight excluding hydrogens is 443 g/mol. The van der Waals surface area contributed by atoms with Crippen LogP contribution in [-0.4, -0.2) is 17.5 Å². The summed E-state index contributed by atoms with van der Waals surface area (Å²) in [6, 6.07) is 8.82. The minimum absolute atomic E-state index is 0.150. The number of carbonyl (C=O) groups is 1. The molecule has 4 nitrogen and oxygen atoms in total. The number of hydrogen-bond acceptors (Lipinski definition) is 3. The molecule has 3 aromatic rings. The molecule has 3 rings (SSSR count). The van der Waals surface area contributed by atoms with Crippen molar-refractivity contribution in [2.24, 2.45) is 0 Å². The van der Waals surface area contributed by atoms with Crippen molar-refractivity contribution in [1.82, 2.24) is 0 Å². The Kier molecular flexibility index (Phi) is 5.99. The minimum Gasteiger partial charge on any atom is -0.344 e. The third kappa shape index (κ3) is 4.02. The molecule has 28 heavy (non-hydrogen) atoms. The molecule has 0 saturated carbocycles. The molecule has 1 amide bonds. The summed E-state index contributed by atoms with van der Waals surface area (Å²) in [6.07, 6.45) is 1.10. The summed E-state index contributed by atoms with van der Waals surface area (Å²) in [6.45, 7) is 4.65. The van der Waals surface area contributed by atoms with Gasteiger partial charge in [-0.1, -0.05) is 29.8 Å². The second-order valence-corrected chi connectivity index (χ2v) is 10.4. The number of nitrogens with zero attached hydrogens (tertiary/aromatic N) is 1. The highest BCUT2D eigenvalue weighted by atomic mass is 35.5. The third-order valence-corrected chi connectivity index (χ3v) is 7.07. The maximum absolute atomic E-state index is 14.3. The fourth-order valence-electron chi connectivity index (χ4n) is 2.94. The number of anilines is 1. The number of amides is 1. The first-order chi connectivity index (χ1) is 13.1. The van der Waals surface area contributed by atoms with E-state index in [1.54, 1.807) is 23.6 Å². The van der Waals surface area contributed by atoms with E-state index >= 15 is 0 Å². The molecule has 1 heterocycles. The molecule has 1 N–H and O–H groups in total. The molecule has 0 aliphatic heterocycles. The summed E-state index contributed by atoms with van der Waals surface area (Å²) in [5.74, 6) is -1.50. The molecule has 0 bridgehead atoms. The Hall–Kier alpha value is -1.69. The first-order valence-electron chi connectivity index (χ1n) is 8.00. The third-order valence-electron chi connectivity index (χ3n) is 4.16. The summed E-state index contributed by atoms with van der Waals surface area (Å²) < 4.78 is 27.9. The number of carbonyl (C=O) groups excluding carboxylic acids is 1. The number of benzene rings is 2. The van der Waals surface area contributed by atoms with Crippen molar-refractivity contribution in [1.29, 1.82) is 0 Å². The van der Waals surface area contributed by atoms with Crippen molar-refractivity contribution in [2.75, 3.05) is 11.6 Å². The van der Waals surface area contributed by atoms with Gasteiger partial charge in [-0.3, -0.25) is 14.3 Å². The summed E-state index contributed by atoms with van der Waals surface area (Å²) in [5, 5.41) is 2.89. The van der Waals surface area contributed by atoms with Crippen LogP contribution in [0.4, 0.5) is 10.1 Å². The van der Waals surface area contributed by atoms with Crippen LogP contribution in [0.2, 0.25) is 10.0 Å². The Bertz CT molecular complexity index is 1130. The monoisotopic (exact) mass is 457 g/mol. The van der Waals surface area contributed by atoms with E-state index in [1.807, 2.05) is 0 Å². The van der Waals surface area contributed by atoms with Crippen LogP contribution in [0.25, 0.3) is 10.1 Å². The molecule has 9 heteroatoms. The topological polar surface area (TPSA) is 57.6 Å². The van der Waals surface area contributed by atoms with Crippen molar-refractivity contribution in [3.05, 3.63) is 76.0 Å². The van der Waals surface area contributed by atoms with Crippen LogP contribution < -0.4 is 4.90 Å². The van der Waals surface area contributed by atoms with Crippen LogP contribution in [0.5, 0.6) is 0 Å². The van der Waals surface area contributed by atoms with Gasteiger partial charge >= 0.3 is 0 Å². The zero-order chi connectivity index (χ0) is 20.6. The number of fused-ring (bicyclic) bond motifs is 1. The Morgan fingerprint density at radius 2 is 1.93 bits per heavy atom. The maximum Gasteiger partial charge on any atom is 0.248 e. The van der Waals surface area contributed by atoms with E-state index in [0.29, 0.717) is 16.0 Å². The molecule has 146 valence electrons. The molecule has 0 aliphatic carbocycles. The number of halogens is 3. The number of rotatable bonds is 5. The van der Waals surface area contributed by atoms with Gasteiger partial charge in [-0.05, 0) is 52.7 Å². The van der Waals surface area contributed by atoms with E-state index in [0.717, 1.165) is 28.5 Å². The van der Waals surface area contributed by atoms with E-state index in [1.165, 1.54) is 23.5 Å². The van der Waals surface area contributed by atoms with Crippen molar-refractivity contribution in [3.63, 3.8) is 0 Å². The molecular formula is C19H15Cl2FNO3PS.